The number of rotatable bonds is 7. The Kier molecular flexibility index (Phi) is 6.49. The zero-order chi connectivity index (χ0) is 19.2. The fraction of sp³-hybridized carbons (Fsp3) is 0.591. The number of hydrogen-bond acceptors (Lipinski definition) is 6. The van der Waals surface area contributed by atoms with Crippen LogP contribution in [0.5, 0.6) is 0 Å². The zero-order valence-electron chi connectivity index (χ0n) is 16.8. The van der Waals surface area contributed by atoms with Crippen LogP contribution in [-0.2, 0) is 17.8 Å². The van der Waals surface area contributed by atoms with Crippen LogP contribution in [0, 0.1) is 5.92 Å². The molecule has 0 amide bonds. The number of aromatic nitrogens is 3. The van der Waals surface area contributed by atoms with Crippen LogP contribution in [0.2, 0.25) is 0 Å². The first kappa shape index (κ1) is 19.3. The first-order valence-corrected chi connectivity index (χ1v) is 10.6. The van der Waals surface area contributed by atoms with Gasteiger partial charge in [0.2, 0.25) is 5.95 Å². The lowest BCUT2D eigenvalue weighted by atomic mass is 10.00. The van der Waals surface area contributed by atoms with Gasteiger partial charge in [-0.1, -0.05) is 13.0 Å². The molecule has 28 heavy (non-hydrogen) atoms. The minimum Gasteiger partial charge on any atom is -0.377 e. The number of anilines is 1. The molecule has 0 radical (unpaired) electrons. The molecule has 2 aromatic rings. The molecule has 6 heteroatoms. The molecule has 0 aromatic carbocycles. The largest absolute Gasteiger partial charge is 0.377 e. The number of piperidine rings is 1. The molecular weight excluding hydrogens is 350 g/mol. The van der Waals surface area contributed by atoms with Gasteiger partial charge < -0.3 is 9.64 Å². The van der Waals surface area contributed by atoms with E-state index in [1.54, 1.807) is 0 Å². The third-order valence-electron chi connectivity index (χ3n) is 5.76. The highest BCUT2D eigenvalue weighted by Gasteiger charge is 2.21. The van der Waals surface area contributed by atoms with Gasteiger partial charge in [0.1, 0.15) is 0 Å². The van der Waals surface area contributed by atoms with Crippen LogP contribution in [0.3, 0.4) is 0 Å². The molecule has 0 bridgehead atoms. The van der Waals surface area contributed by atoms with Crippen LogP contribution in [0.25, 0.3) is 0 Å². The van der Waals surface area contributed by atoms with E-state index in [9.17, 15) is 0 Å². The van der Waals surface area contributed by atoms with Gasteiger partial charge in [-0.25, -0.2) is 9.97 Å². The molecule has 0 N–H and O–H groups in total. The summed E-state index contributed by atoms with van der Waals surface area (Å²) in [7, 11) is 0. The number of nitrogens with zero attached hydrogens (tertiary/aromatic N) is 5. The van der Waals surface area contributed by atoms with Crippen molar-refractivity contribution in [1.29, 1.82) is 0 Å². The first-order chi connectivity index (χ1) is 13.8. The van der Waals surface area contributed by atoms with Gasteiger partial charge in [0.05, 0.1) is 11.8 Å². The van der Waals surface area contributed by atoms with Crippen molar-refractivity contribution in [3.8, 4) is 0 Å². The fourth-order valence-corrected chi connectivity index (χ4v) is 4.04. The van der Waals surface area contributed by atoms with Crippen LogP contribution < -0.4 is 4.90 Å². The van der Waals surface area contributed by atoms with Gasteiger partial charge in [0.15, 0.2) is 0 Å². The molecule has 150 valence electrons. The van der Waals surface area contributed by atoms with Gasteiger partial charge in [-0.2, -0.15) is 0 Å². The average molecular weight is 382 g/mol. The molecule has 0 aliphatic carbocycles. The second-order valence-electron chi connectivity index (χ2n) is 8.19. The molecule has 2 saturated heterocycles. The molecule has 2 aliphatic rings. The van der Waals surface area contributed by atoms with Crippen molar-refractivity contribution in [2.75, 3.05) is 31.1 Å². The predicted octanol–water partition coefficient (Wildman–Crippen LogP) is 3.29. The molecule has 0 spiro atoms. The Hall–Kier alpha value is -2.05. The van der Waals surface area contributed by atoms with E-state index >= 15 is 0 Å². The molecule has 4 rings (SSSR count). The Balaban J connectivity index is 1.40. The van der Waals surface area contributed by atoms with E-state index in [0.29, 0.717) is 6.10 Å². The van der Waals surface area contributed by atoms with Crippen molar-refractivity contribution in [3.63, 3.8) is 0 Å². The van der Waals surface area contributed by atoms with E-state index in [2.05, 4.69) is 37.7 Å². The summed E-state index contributed by atoms with van der Waals surface area (Å²) in [5, 5.41) is 0. The second-order valence-corrected chi connectivity index (χ2v) is 8.19. The Morgan fingerprint density at radius 1 is 1.07 bits per heavy atom. The van der Waals surface area contributed by atoms with Gasteiger partial charge in [-0.3, -0.25) is 9.88 Å². The molecule has 0 saturated carbocycles. The van der Waals surface area contributed by atoms with Crippen LogP contribution in [0.4, 0.5) is 5.95 Å². The van der Waals surface area contributed by atoms with Gasteiger partial charge in [-0.05, 0) is 43.7 Å². The highest BCUT2D eigenvalue weighted by atomic mass is 16.5. The van der Waals surface area contributed by atoms with E-state index in [0.717, 1.165) is 75.3 Å². The Bertz CT molecular complexity index is 709. The highest BCUT2D eigenvalue weighted by Crippen LogP contribution is 2.20. The summed E-state index contributed by atoms with van der Waals surface area (Å²) in [6.07, 6.45) is 10.9. The summed E-state index contributed by atoms with van der Waals surface area (Å²) in [4.78, 5) is 18.5. The standard InChI is InChI=1S/C22H31N5O/c1-18-7-10-27(11-8-18)22-24-13-19(14-25-22)15-26(17-21-6-4-12-28-21)16-20-5-2-3-9-23-20/h2-3,5,9,13-14,18,21H,4,6-8,10-12,15-17H2,1H3/t21-/m1/s1. The lowest BCUT2D eigenvalue weighted by molar-refractivity contribution is 0.0674. The topological polar surface area (TPSA) is 54.4 Å². The first-order valence-electron chi connectivity index (χ1n) is 10.6. The molecule has 2 aliphatic heterocycles. The average Bonchev–Trinajstić information content (AvgIpc) is 3.23. The minimum absolute atomic E-state index is 0.319. The highest BCUT2D eigenvalue weighted by molar-refractivity contribution is 5.30. The van der Waals surface area contributed by atoms with Crippen molar-refractivity contribution in [3.05, 3.63) is 48.0 Å². The van der Waals surface area contributed by atoms with Crippen molar-refractivity contribution >= 4 is 5.95 Å². The van der Waals surface area contributed by atoms with Crippen molar-refractivity contribution in [1.82, 2.24) is 19.9 Å². The van der Waals surface area contributed by atoms with Crippen LogP contribution in [-0.4, -0.2) is 52.2 Å². The van der Waals surface area contributed by atoms with Crippen molar-refractivity contribution in [2.24, 2.45) is 5.92 Å². The van der Waals surface area contributed by atoms with Crippen LogP contribution in [0.1, 0.15) is 43.9 Å². The quantitative estimate of drug-likeness (QED) is 0.734. The molecule has 4 heterocycles. The van der Waals surface area contributed by atoms with E-state index < -0.39 is 0 Å². The predicted molar refractivity (Wildman–Crippen MR) is 110 cm³/mol. The summed E-state index contributed by atoms with van der Waals surface area (Å²) in [5.74, 6) is 1.68. The summed E-state index contributed by atoms with van der Waals surface area (Å²) < 4.78 is 5.87. The van der Waals surface area contributed by atoms with Crippen LogP contribution in [0.15, 0.2) is 36.8 Å². The van der Waals surface area contributed by atoms with Crippen molar-refractivity contribution < 1.29 is 4.74 Å². The molecular formula is C22H31N5O. The molecule has 2 fully saturated rings. The normalized spacial score (nSPS) is 20.8. The second kappa shape index (κ2) is 9.43. The monoisotopic (exact) mass is 381 g/mol. The Morgan fingerprint density at radius 3 is 2.57 bits per heavy atom. The lowest BCUT2D eigenvalue weighted by Crippen LogP contribution is -2.34. The summed E-state index contributed by atoms with van der Waals surface area (Å²) in [6, 6.07) is 6.09. The molecule has 2 aromatic heterocycles. The maximum atomic E-state index is 5.87. The van der Waals surface area contributed by atoms with Gasteiger partial charge >= 0.3 is 0 Å². The van der Waals surface area contributed by atoms with Gasteiger partial charge in [-0.15, -0.1) is 0 Å². The third-order valence-corrected chi connectivity index (χ3v) is 5.76. The Morgan fingerprint density at radius 2 is 1.89 bits per heavy atom. The SMILES string of the molecule is CC1CCN(c2ncc(CN(Cc3ccccn3)C[C@H]3CCCO3)cn2)CC1. The number of ether oxygens (including phenoxy) is 1. The maximum Gasteiger partial charge on any atom is 0.225 e. The summed E-state index contributed by atoms with van der Waals surface area (Å²) >= 11 is 0. The smallest absolute Gasteiger partial charge is 0.225 e. The van der Waals surface area contributed by atoms with Gasteiger partial charge in [0.25, 0.3) is 0 Å². The van der Waals surface area contributed by atoms with E-state index in [-0.39, 0.29) is 0 Å². The van der Waals surface area contributed by atoms with Gasteiger partial charge in [0, 0.05) is 63.5 Å². The molecule has 1 atom stereocenters. The van der Waals surface area contributed by atoms with E-state index in [1.807, 2.05) is 30.7 Å². The molecule has 6 nitrogen and oxygen atoms in total. The number of pyridine rings is 1. The van der Waals surface area contributed by atoms with Crippen molar-refractivity contribution in [2.45, 2.75) is 51.8 Å². The third kappa shape index (κ3) is 5.26. The summed E-state index contributed by atoms with van der Waals surface area (Å²) in [5.41, 5.74) is 2.23. The lowest BCUT2D eigenvalue weighted by Gasteiger charge is -2.30. The van der Waals surface area contributed by atoms with Crippen LogP contribution >= 0.6 is 0 Å². The van der Waals surface area contributed by atoms with E-state index in [1.165, 1.54) is 12.8 Å². The zero-order valence-corrected chi connectivity index (χ0v) is 16.8. The Labute approximate surface area is 168 Å². The fourth-order valence-electron chi connectivity index (χ4n) is 4.04. The number of hydrogen-bond donors (Lipinski definition) is 0. The minimum atomic E-state index is 0.319. The molecule has 0 unspecified atom stereocenters. The van der Waals surface area contributed by atoms with E-state index in [4.69, 9.17) is 4.74 Å². The summed E-state index contributed by atoms with van der Waals surface area (Å²) in [6.45, 7) is 7.87. The maximum absolute atomic E-state index is 5.87.